The SMILES string of the molecule is Br.CCCCN1CC(O)C(O)C(O)C1CO. The van der Waals surface area contributed by atoms with Crippen molar-refractivity contribution in [3.63, 3.8) is 0 Å². The topological polar surface area (TPSA) is 84.2 Å². The van der Waals surface area contributed by atoms with Gasteiger partial charge in [-0.1, -0.05) is 13.3 Å². The predicted molar refractivity (Wildman–Crippen MR) is 65.7 cm³/mol. The number of piperidine rings is 1. The summed E-state index contributed by atoms with van der Waals surface area (Å²) in [7, 11) is 0. The van der Waals surface area contributed by atoms with Crippen molar-refractivity contribution in [1.82, 2.24) is 4.90 Å². The molecular weight excluding hydrogens is 278 g/mol. The standard InChI is InChI=1S/C10H21NO4.BrH/c1-2-3-4-11-5-8(13)10(15)9(14)7(11)6-12;/h7-10,12-15H,2-6H2,1H3;1H. The van der Waals surface area contributed by atoms with E-state index in [4.69, 9.17) is 5.11 Å². The minimum atomic E-state index is -1.15. The highest BCUT2D eigenvalue weighted by atomic mass is 79.9. The first-order chi connectivity index (χ1) is 7.11. The second kappa shape index (κ2) is 7.58. The summed E-state index contributed by atoms with van der Waals surface area (Å²) in [4.78, 5) is 1.84. The van der Waals surface area contributed by atoms with Gasteiger partial charge in [0.1, 0.15) is 12.2 Å². The Morgan fingerprint density at radius 3 is 2.31 bits per heavy atom. The lowest BCUT2D eigenvalue weighted by atomic mass is 9.94. The van der Waals surface area contributed by atoms with Crippen LogP contribution in [0.1, 0.15) is 19.8 Å². The average molecular weight is 300 g/mol. The van der Waals surface area contributed by atoms with Crippen LogP contribution in [0.5, 0.6) is 0 Å². The number of β-amino-alcohol motifs (C(OH)–C–C–N with tert-alkyl or cyclic N) is 1. The van der Waals surface area contributed by atoms with Gasteiger partial charge in [-0.2, -0.15) is 0 Å². The van der Waals surface area contributed by atoms with E-state index in [0.717, 1.165) is 19.4 Å². The van der Waals surface area contributed by atoms with Crippen LogP contribution in [0, 0.1) is 0 Å². The lowest BCUT2D eigenvalue weighted by Gasteiger charge is -2.43. The molecule has 0 bridgehead atoms. The van der Waals surface area contributed by atoms with Gasteiger partial charge in [-0.3, -0.25) is 4.90 Å². The summed E-state index contributed by atoms with van der Waals surface area (Å²) in [5, 5.41) is 37.8. The van der Waals surface area contributed by atoms with Crippen molar-refractivity contribution in [3.8, 4) is 0 Å². The molecule has 1 heterocycles. The summed E-state index contributed by atoms with van der Waals surface area (Å²) in [6, 6.07) is -0.463. The van der Waals surface area contributed by atoms with Gasteiger partial charge < -0.3 is 20.4 Å². The Morgan fingerprint density at radius 1 is 1.19 bits per heavy atom. The van der Waals surface area contributed by atoms with Crippen LogP contribution >= 0.6 is 17.0 Å². The van der Waals surface area contributed by atoms with Crippen molar-refractivity contribution in [2.45, 2.75) is 44.1 Å². The molecule has 0 spiro atoms. The highest BCUT2D eigenvalue weighted by molar-refractivity contribution is 8.93. The number of aliphatic hydroxyl groups excluding tert-OH is 4. The number of likely N-dealkylation sites (tertiary alicyclic amines) is 1. The van der Waals surface area contributed by atoms with Crippen LogP contribution in [-0.4, -0.2) is 69.4 Å². The molecule has 4 atom stereocenters. The maximum absolute atomic E-state index is 9.67. The lowest BCUT2D eigenvalue weighted by Crippen LogP contribution is -2.62. The molecule has 0 radical (unpaired) electrons. The van der Waals surface area contributed by atoms with E-state index >= 15 is 0 Å². The van der Waals surface area contributed by atoms with Crippen LogP contribution in [0.4, 0.5) is 0 Å². The molecule has 1 saturated heterocycles. The number of hydrogen-bond donors (Lipinski definition) is 4. The maximum Gasteiger partial charge on any atom is 0.109 e. The first kappa shape index (κ1) is 16.3. The molecule has 0 amide bonds. The van der Waals surface area contributed by atoms with E-state index in [-0.39, 0.29) is 23.6 Å². The monoisotopic (exact) mass is 299 g/mol. The van der Waals surface area contributed by atoms with Crippen molar-refractivity contribution in [3.05, 3.63) is 0 Å². The van der Waals surface area contributed by atoms with E-state index in [2.05, 4.69) is 6.92 Å². The molecular formula is C10H22BrNO4. The first-order valence-electron chi connectivity index (χ1n) is 5.51. The summed E-state index contributed by atoms with van der Waals surface area (Å²) in [6.07, 6.45) is -1.19. The number of unbranched alkanes of at least 4 members (excludes halogenated alkanes) is 1. The number of aliphatic hydroxyl groups is 4. The number of rotatable bonds is 4. The molecule has 98 valence electrons. The molecule has 1 rings (SSSR count). The summed E-state index contributed by atoms with van der Waals surface area (Å²) in [5.74, 6) is 0. The minimum Gasteiger partial charge on any atom is -0.395 e. The van der Waals surface area contributed by atoms with E-state index < -0.39 is 24.4 Å². The summed E-state index contributed by atoms with van der Waals surface area (Å²) >= 11 is 0. The highest BCUT2D eigenvalue weighted by Crippen LogP contribution is 2.19. The van der Waals surface area contributed by atoms with Crippen molar-refractivity contribution < 1.29 is 20.4 Å². The van der Waals surface area contributed by atoms with Crippen LogP contribution in [0.25, 0.3) is 0 Å². The fourth-order valence-electron chi connectivity index (χ4n) is 2.00. The van der Waals surface area contributed by atoms with Crippen LogP contribution < -0.4 is 0 Å². The normalized spacial score (nSPS) is 35.8. The van der Waals surface area contributed by atoms with E-state index in [9.17, 15) is 15.3 Å². The van der Waals surface area contributed by atoms with Gasteiger partial charge in [0.25, 0.3) is 0 Å². The zero-order chi connectivity index (χ0) is 11.4. The second-order valence-corrected chi connectivity index (χ2v) is 4.15. The van der Waals surface area contributed by atoms with Crippen LogP contribution in [0.15, 0.2) is 0 Å². The third-order valence-electron chi connectivity index (χ3n) is 3.01. The Labute approximate surface area is 106 Å². The Bertz CT molecular complexity index is 196. The molecule has 0 aromatic rings. The fourth-order valence-corrected chi connectivity index (χ4v) is 2.00. The molecule has 0 aromatic carbocycles. The van der Waals surface area contributed by atoms with Gasteiger partial charge in [-0.25, -0.2) is 0 Å². The summed E-state index contributed by atoms with van der Waals surface area (Å²) in [6.45, 7) is 2.89. The highest BCUT2D eigenvalue weighted by Gasteiger charge is 2.40. The van der Waals surface area contributed by atoms with Crippen LogP contribution in [0.3, 0.4) is 0 Å². The molecule has 0 saturated carbocycles. The molecule has 0 aromatic heterocycles. The van der Waals surface area contributed by atoms with Gasteiger partial charge in [-0.05, 0) is 13.0 Å². The van der Waals surface area contributed by atoms with Crippen molar-refractivity contribution in [2.24, 2.45) is 0 Å². The Balaban J connectivity index is 0.00000225. The van der Waals surface area contributed by atoms with E-state index in [0.29, 0.717) is 6.54 Å². The lowest BCUT2D eigenvalue weighted by molar-refractivity contribution is -0.145. The number of hydrogen-bond acceptors (Lipinski definition) is 5. The van der Waals surface area contributed by atoms with Gasteiger partial charge in [0.05, 0.1) is 18.8 Å². The Hall–Kier alpha value is 0.280. The molecule has 4 unspecified atom stereocenters. The zero-order valence-corrected chi connectivity index (χ0v) is 11.2. The van der Waals surface area contributed by atoms with Gasteiger partial charge in [-0.15, -0.1) is 17.0 Å². The Morgan fingerprint density at radius 2 is 1.81 bits per heavy atom. The fraction of sp³-hybridized carbons (Fsp3) is 1.00. The molecule has 1 fully saturated rings. The molecule has 6 heteroatoms. The van der Waals surface area contributed by atoms with E-state index in [1.807, 2.05) is 4.90 Å². The summed E-state index contributed by atoms with van der Waals surface area (Å²) < 4.78 is 0. The van der Waals surface area contributed by atoms with E-state index in [1.54, 1.807) is 0 Å². The second-order valence-electron chi connectivity index (χ2n) is 4.15. The Kier molecular flexibility index (Phi) is 7.71. The van der Waals surface area contributed by atoms with Crippen molar-refractivity contribution >= 4 is 17.0 Å². The third-order valence-corrected chi connectivity index (χ3v) is 3.01. The zero-order valence-electron chi connectivity index (χ0n) is 9.49. The van der Waals surface area contributed by atoms with Crippen molar-refractivity contribution in [1.29, 1.82) is 0 Å². The molecule has 5 nitrogen and oxygen atoms in total. The van der Waals surface area contributed by atoms with Crippen LogP contribution in [0.2, 0.25) is 0 Å². The molecule has 1 aliphatic rings. The summed E-state index contributed by atoms with van der Waals surface area (Å²) in [5.41, 5.74) is 0. The average Bonchev–Trinajstić information content (AvgIpc) is 2.23. The molecule has 16 heavy (non-hydrogen) atoms. The first-order valence-corrected chi connectivity index (χ1v) is 5.51. The third kappa shape index (κ3) is 3.65. The van der Waals surface area contributed by atoms with Gasteiger partial charge in [0.15, 0.2) is 0 Å². The van der Waals surface area contributed by atoms with Gasteiger partial charge in [0, 0.05) is 6.54 Å². The smallest absolute Gasteiger partial charge is 0.109 e. The van der Waals surface area contributed by atoms with Crippen LogP contribution in [-0.2, 0) is 0 Å². The van der Waals surface area contributed by atoms with Gasteiger partial charge >= 0.3 is 0 Å². The predicted octanol–water partition coefficient (Wildman–Crippen LogP) is -0.876. The number of halogens is 1. The largest absolute Gasteiger partial charge is 0.395 e. The molecule has 0 aliphatic carbocycles. The molecule has 1 aliphatic heterocycles. The quantitative estimate of drug-likeness (QED) is 0.542. The minimum absolute atomic E-state index is 0. The van der Waals surface area contributed by atoms with Crippen molar-refractivity contribution in [2.75, 3.05) is 19.7 Å². The van der Waals surface area contributed by atoms with E-state index in [1.165, 1.54) is 0 Å². The number of nitrogens with zero attached hydrogens (tertiary/aromatic N) is 1. The molecule has 4 N–H and O–H groups in total. The maximum atomic E-state index is 9.67. The van der Waals surface area contributed by atoms with Gasteiger partial charge in [0.2, 0.25) is 0 Å².